The monoisotopic (exact) mass is 387 g/mol. The number of nitrogens with one attached hydrogen (secondary N) is 1. The molecule has 27 heavy (non-hydrogen) atoms. The predicted octanol–water partition coefficient (Wildman–Crippen LogP) is 2.72. The molecule has 0 radical (unpaired) electrons. The van der Waals surface area contributed by atoms with E-state index in [0.717, 1.165) is 36.9 Å². The van der Waals surface area contributed by atoms with Crippen molar-refractivity contribution in [1.29, 1.82) is 0 Å². The van der Waals surface area contributed by atoms with E-state index in [-0.39, 0.29) is 11.3 Å². The Morgan fingerprint density at radius 3 is 2.56 bits per heavy atom. The van der Waals surface area contributed by atoms with Gasteiger partial charge in [0.15, 0.2) is 0 Å². The molecule has 0 atom stereocenters. The van der Waals surface area contributed by atoms with Crippen LogP contribution in [-0.4, -0.2) is 60.2 Å². The maximum absolute atomic E-state index is 12.6. The van der Waals surface area contributed by atoms with Crippen LogP contribution in [-0.2, 0) is 0 Å². The fourth-order valence-electron chi connectivity index (χ4n) is 2.86. The number of thioether (sulfide) groups is 1. The number of nitro groups is 1. The van der Waals surface area contributed by atoms with E-state index >= 15 is 0 Å². The van der Waals surface area contributed by atoms with Crippen LogP contribution in [0.25, 0.3) is 0 Å². The van der Waals surface area contributed by atoms with Crippen LogP contribution in [0.2, 0.25) is 0 Å². The Bertz CT molecular complexity index is 835. The lowest BCUT2D eigenvalue weighted by Crippen LogP contribution is -2.44. The molecule has 0 bridgehead atoms. The highest BCUT2D eigenvalue weighted by molar-refractivity contribution is 7.98. The number of pyridine rings is 1. The number of carbonyl (C=O) groups is 1. The summed E-state index contributed by atoms with van der Waals surface area (Å²) in [5.74, 6) is 0.336. The first-order chi connectivity index (χ1) is 13.0. The lowest BCUT2D eigenvalue weighted by molar-refractivity contribution is -0.385. The van der Waals surface area contributed by atoms with Crippen LogP contribution in [0.5, 0.6) is 0 Å². The number of piperazine rings is 1. The highest BCUT2D eigenvalue weighted by atomic mass is 32.2. The van der Waals surface area contributed by atoms with E-state index in [9.17, 15) is 14.9 Å². The SMILES string of the molecule is CSc1ccc([N+](=O)[O-])c(C(=O)Nc2ccc(N3CCN(C)CC3)nc2)c1. The maximum atomic E-state index is 12.6. The van der Waals surface area contributed by atoms with Crippen molar-refractivity contribution in [1.82, 2.24) is 9.88 Å². The summed E-state index contributed by atoms with van der Waals surface area (Å²) in [6.45, 7) is 3.77. The number of benzene rings is 1. The molecule has 1 amide bonds. The number of anilines is 2. The van der Waals surface area contributed by atoms with Gasteiger partial charge in [0.05, 0.1) is 16.8 Å². The largest absolute Gasteiger partial charge is 0.354 e. The van der Waals surface area contributed by atoms with E-state index in [2.05, 4.69) is 27.1 Å². The van der Waals surface area contributed by atoms with Crippen molar-refractivity contribution in [2.75, 3.05) is 49.7 Å². The van der Waals surface area contributed by atoms with Gasteiger partial charge in [0, 0.05) is 37.1 Å². The number of likely N-dealkylation sites (N-methyl/N-ethyl adjacent to an activating group) is 1. The Morgan fingerprint density at radius 1 is 1.22 bits per heavy atom. The number of nitro benzene ring substituents is 1. The van der Waals surface area contributed by atoms with E-state index in [1.165, 1.54) is 23.9 Å². The summed E-state index contributed by atoms with van der Waals surface area (Å²) < 4.78 is 0. The molecule has 9 heteroatoms. The molecular weight excluding hydrogens is 366 g/mol. The summed E-state index contributed by atoms with van der Waals surface area (Å²) >= 11 is 1.42. The lowest BCUT2D eigenvalue weighted by Gasteiger charge is -2.33. The molecule has 0 aliphatic carbocycles. The van der Waals surface area contributed by atoms with Crippen LogP contribution >= 0.6 is 11.8 Å². The minimum Gasteiger partial charge on any atom is -0.354 e. The number of aromatic nitrogens is 1. The Morgan fingerprint density at radius 2 is 1.96 bits per heavy atom. The average Bonchev–Trinajstić information content (AvgIpc) is 2.68. The van der Waals surface area contributed by atoms with Crippen molar-refractivity contribution in [2.24, 2.45) is 0 Å². The fourth-order valence-corrected chi connectivity index (χ4v) is 3.30. The van der Waals surface area contributed by atoms with E-state index in [4.69, 9.17) is 0 Å². The van der Waals surface area contributed by atoms with Gasteiger partial charge in [0.1, 0.15) is 11.4 Å². The van der Waals surface area contributed by atoms with E-state index in [1.807, 2.05) is 12.3 Å². The number of carbonyl (C=O) groups excluding carboxylic acids is 1. The van der Waals surface area contributed by atoms with Gasteiger partial charge in [0.2, 0.25) is 0 Å². The molecular formula is C18H21N5O3S. The van der Waals surface area contributed by atoms with Crippen molar-refractivity contribution < 1.29 is 9.72 Å². The zero-order valence-corrected chi connectivity index (χ0v) is 16.0. The number of amides is 1. The molecule has 2 aromatic rings. The quantitative estimate of drug-likeness (QED) is 0.479. The fraction of sp³-hybridized carbons (Fsp3) is 0.333. The molecule has 0 saturated carbocycles. The summed E-state index contributed by atoms with van der Waals surface area (Å²) in [6.07, 6.45) is 3.43. The van der Waals surface area contributed by atoms with Crippen LogP contribution in [0.3, 0.4) is 0 Å². The molecule has 1 saturated heterocycles. The number of rotatable bonds is 5. The normalized spacial score (nSPS) is 14.8. The first kappa shape index (κ1) is 19.1. The van der Waals surface area contributed by atoms with Crippen LogP contribution in [0, 0.1) is 10.1 Å². The molecule has 1 aliphatic heterocycles. The first-order valence-electron chi connectivity index (χ1n) is 8.51. The molecule has 1 fully saturated rings. The third-order valence-electron chi connectivity index (χ3n) is 4.48. The van der Waals surface area contributed by atoms with Crippen molar-refractivity contribution >= 4 is 34.9 Å². The van der Waals surface area contributed by atoms with Gasteiger partial charge in [-0.15, -0.1) is 11.8 Å². The lowest BCUT2D eigenvalue weighted by atomic mass is 10.1. The second-order valence-electron chi connectivity index (χ2n) is 6.29. The van der Waals surface area contributed by atoms with Crippen molar-refractivity contribution in [2.45, 2.75) is 4.90 Å². The molecule has 1 aromatic carbocycles. The second kappa shape index (κ2) is 8.36. The Hall–Kier alpha value is -2.65. The van der Waals surface area contributed by atoms with Crippen LogP contribution in [0.1, 0.15) is 10.4 Å². The molecule has 1 aliphatic rings. The standard InChI is InChI=1S/C18H21N5O3S/c1-21-7-9-22(10-8-21)17-6-3-13(12-19-17)20-18(24)15-11-14(27-2)4-5-16(15)23(25)26/h3-6,11-12H,7-10H2,1-2H3,(H,20,24). The van der Waals surface area contributed by atoms with Gasteiger partial charge >= 0.3 is 0 Å². The minimum atomic E-state index is -0.548. The highest BCUT2D eigenvalue weighted by Gasteiger charge is 2.21. The van der Waals surface area contributed by atoms with Gasteiger partial charge in [-0.05, 0) is 37.6 Å². The Balaban J connectivity index is 1.74. The van der Waals surface area contributed by atoms with Crippen LogP contribution in [0.15, 0.2) is 41.4 Å². The summed E-state index contributed by atoms with van der Waals surface area (Å²) in [5, 5.41) is 13.9. The van der Waals surface area contributed by atoms with Gasteiger partial charge in [0.25, 0.3) is 11.6 Å². The summed E-state index contributed by atoms with van der Waals surface area (Å²) in [6, 6.07) is 8.14. The summed E-state index contributed by atoms with van der Waals surface area (Å²) in [4.78, 5) is 32.9. The number of hydrogen-bond donors (Lipinski definition) is 1. The van der Waals surface area contributed by atoms with E-state index in [0.29, 0.717) is 5.69 Å². The molecule has 3 rings (SSSR count). The number of nitrogens with zero attached hydrogens (tertiary/aromatic N) is 4. The molecule has 1 aromatic heterocycles. The van der Waals surface area contributed by atoms with Gasteiger partial charge in [-0.3, -0.25) is 14.9 Å². The third-order valence-corrected chi connectivity index (χ3v) is 5.20. The van der Waals surface area contributed by atoms with Crippen molar-refractivity contribution in [3.05, 3.63) is 52.2 Å². The van der Waals surface area contributed by atoms with Crippen LogP contribution in [0.4, 0.5) is 17.2 Å². The average molecular weight is 387 g/mol. The Labute approximate surface area is 161 Å². The second-order valence-corrected chi connectivity index (χ2v) is 7.17. The zero-order valence-electron chi connectivity index (χ0n) is 15.2. The third kappa shape index (κ3) is 4.55. The van der Waals surface area contributed by atoms with Gasteiger partial charge in [-0.1, -0.05) is 0 Å². The minimum absolute atomic E-state index is 0.0370. The summed E-state index contributed by atoms with van der Waals surface area (Å²) in [5.41, 5.74) is 0.323. The molecule has 142 valence electrons. The highest BCUT2D eigenvalue weighted by Crippen LogP contribution is 2.26. The van der Waals surface area contributed by atoms with E-state index in [1.54, 1.807) is 18.3 Å². The molecule has 8 nitrogen and oxygen atoms in total. The first-order valence-corrected chi connectivity index (χ1v) is 9.73. The molecule has 0 spiro atoms. The van der Waals surface area contributed by atoms with Crippen molar-refractivity contribution in [3.63, 3.8) is 0 Å². The zero-order chi connectivity index (χ0) is 19.4. The molecule has 0 unspecified atom stereocenters. The van der Waals surface area contributed by atoms with Gasteiger partial charge in [-0.2, -0.15) is 0 Å². The van der Waals surface area contributed by atoms with Crippen molar-refractivity contribution in [3.8, 4) is 0 Å². The van der Waals surface area contributed by atoms with Gasteiger partial charge in [-0.25, -0.2) is 4.98 Å². The molecule has 1 N–H and O–H groups in total. The topological polar surface area (TPSA) is 91.6 Å². The van der Waals surface area contributed by atoms with Gasteiger partial charge < -0.3 is 15.1 Å². The summed E-state index contributed by atoms with van der Waals surface area (Å²) in [7, 11) is 2.09. The number of hydrogen-bond acceptors (Lipinski definition) is 7. The maximum Gasteiger partial charge on any atom is 0.282 e. The smallest absolute Gasteiger partial charge is 0.282 e. The Kier molecular flexibility index (Phi) is 5.92. The molecule has 2 heterocycles. The predicted molar refractivity (Wildman–Crippen MR) is 107 cm³/mol. The van der Waals surface area contributed by atoms with E-state index < -0.39 is 10.8 Å². The van der Waals surface area contributed by atoms with Crippen LogP contribution < -0.4 is 10.2 Å².